The van der Waals surface area contributed by atoms with Crippen molar-refractivity contribution in [3.63, 3.8) is 0 Å². The summed E-state index contributed by atoms with van der Waals surface area (Å²) in [5, 5.41) is 5.06. The Balaban J connectivity index is 1.80. The van der Waals surface area contributed by atoms with E-state index >= 15 is 0 Å². The number of aromatic amines is 1. The molecule has 0 aliphatic heterocycles. The van der Waals surface area contributed by atoms with Crippen molar-refractivity contribution in [2.24, 2.45) is 0 Å². The predicted octanol–water partition coefficient (Wildman–Crippen LogP) is 3.15. The van der Waals surface area contributed by atoms with Crippen LogP contribution in [0.15, 0.2) is 48.8 Å². The van der Waals surface area contributed by atoms with Gasteiger partial charge < -0.3 is 9.72 Å². The molecule has 8 heteroatoms. The lowest BCUT2D eigenvalue weighted by Gasteiger charge is -2.04. The van der Waals surface area contributed by atoms with Gasteiger partial charge in [0.25, 0.3) is 0 Å². The molecular formula is C18H14ClN5O2. The summed E-state index contributed by atoms with van der Waals surface area (Å²) >= 11 is 6.00. The van der Waals surface area contributed by atoms with Gasteiger partial charge in [0.05, 0.1) is 18.5 Å². The number of carbonyl (C=O) groups is 1. The number of benzene rings is 1. The Morgan fingerprint density at radius 2 is 2.08 bits per heavy atom. The Bertz CT molecular complexity index is 1080. The number of imidazole rings is 2. The van der Waals surface area contributed by atoms with E-state index < -0.39 is 5.97 Å². The summed E-state index contributed by atoms with van der Waals surface area (Å²) in [5.74, 6) is -0.345. The average Bonchev–Trinajstić information content (AvgIpc) is 3.27. The minimum Gasteiger partial charge on any atom is -0.463 e. The molecule has 130 valence electrons. The van der Waals surface area contributed by atoms with Crippen LogP contribution < -0.4 is 0 Å². The Morgan fingerprint density at radius 3 is 2.85 bits per heavy atom. The molecule has 0 atom stereocenters. The molecule has 1 aromatic carbocycles. The van der Waals surface area contributed by atoms with Crippen molar-refractivity contribution >= 4 is 23.2 Å². The number of H-pyrrole nitrogens is 1. The normalized spacial score (nSPS) is 11.0. The summed E-state index contributed by atoms with van der Waals surface area (Å²) in [7, 11) is 1.32. The zero-order valence-corrected chi connectivity index (χ0v) is 14.6. The van der Waals surface area contributed by atoms with Crippen LogP contribution in [0.5, 0.6) is 0 Å². The highest BCUT2D eigenvalue weighted by Crippen LogP contribution is 2.26. The average molecular weight is 368 g/mol. The highest BCUT2D eigenvalue weighted by Gasteiger charge is 2.17. The van der Waals surface area contributed by atoms with Crippen LogP contribution in [0, 0.1) is 0 Å². The van der Waals surface area contributed by atoms with Crippen LogP contribution in [-0.2, 0) is 11.2 Å². The highest BCUT2D eigenvalue weighted by atomic mass is 35.5. The van der Waals surface area contributed by atoms with Gasteiger partial charge in [-0.05, 0) is 24.3 Å². The first kappa shape index (κ1) is 16.3. The molecule has 0 saturated heterocycles. The standard InChI is InChI=1S/C18H14ClN5O2/c1-26-18(25)17-20-10-13(22-17)9-14-16(11-4-6-12(19)7-5-11)23-15-3-2-8-21-24(14)15/h2-8,10H,9H2,1H3,(H,20,22). The van der Waals surface area contributed by atoms with E-state index in [1.165, 1.54) is 7.11 Å². The van der Waals surface area contributed by atoms with E-state index in [4.69, 9.17) is 16.6 Å². The van der Waals surface area contributed by atoms with Crippen molar-refractivity contribution < 1.29 is 9.53 Å². The minimum absolute atomic E-state index is 0.164. The van der Waals surface area contributed by atoms with Crippen LogP contribution in [0.1, 0.15) is 22.0 Å². The fraction of sp³-hybridized carbons (Fsp3) is 0.111. The summed E-state index contributed by atoms with van der Waals surface area (Å²) in [4.78, 5) is 23.3. The van der Waals surface area contributed by atoms with Crippen molar-refractivity contribution in [3.8, 4) is 11.3 Å². The fourth-order valence-corrected chi connectivity index (χ4v) is 2.89. The van der Waals surface area contributed by atoms with Gasteiger partial charge in [-0.2, -0.15) is 5.10 Å². The molecule has 0 radical (unpaired) electrons. The van der Waals surface area contributed by atoms with Gasteiger partial charge in [0.15, 0.2) is 5.65 Å². The van der Waals surface area contributed by atoms with E-state index in [0.29, 0.717) is 11.4 Å². The third-order valence-electron chi connectivity index (χ3n) is 3.97. The summed E-state index contributed by atoms with van der Waals surface area (Å²) < 4.78 is 6.46. The predicted molar refractivity (Wildman–Crippen MR) is 96.2 cm³/mol. The molecule has 0 fully saturated rings. The summed E-state index contributed by atoms with van der Waals surface area (Å²) in [6, 6.07) is 11.2. The number of ether oxygens (including phenoxy) is 1. The van der Waals surface area contributed by atoms with E-state index in [0.717, 1.165) is 28.3 Å². The topological polar surface area (TPSA) is 85.2 Å². The number of rotatable bonds is 4. The van der Waals surface area contributed by atoms with Gasteiger partial charge >= 0.3 is 5.97 Å². The van der Waals surface area contributed by atoms with Gasteiger partial charge in [-0.15, -0.1) is 0 Å². The van der Waals surface area contributed by atoms with Crippen LogP contribution >= 0.6 is 11.6 Å². The smallest absolute Gasteiger partial charge is 0.374 e. The molecule has 0 spiro atoms. The second-order valence-electron chi connectivity index (χ2n) is 5.63. The monoisotopic (exact) mass is 367 g/mol. The highest BCUT2D eigenvalue weighted by molar-refractivity contribution is 6.30. The van der Waals surface area contributed by atoms with E-state index in [9.17, 15) is 4.79 Å². The zero-order valence-electron chi connectivity index (χ0n) is 13.8. The van der Waals surface area contributed by atoms with Gasteiger partial charge in [0.1, 0.15) is 0 Å². The lowest BCUT2D eigenvalue weighted by Crippen LogP contribution is -2.04. The third-order valence-corrected chi connectivity index (χ3v) is 4.22. The number of hydrogen-bond acceptors (Lipinski definition) is 5. The number of carbonyl (C=O) groups excluding carboxylic acids is 1. The van der Waals surface area contributed by atoms with Crippen molar-refractivity contribution in [3.05, 3.63) is 71.0 Å². The third kappa shape index (κ3) is 2.93. The molecule has 0 saturated carbocycles. The number of nitrogens with zero attached hydrogens (tertiary/aromatic N) is 4. The molecule has 26 heavy (non-hydrogen) atoms. The number of fused-ring (bicyclic) bond motifs is 1. The number of nitrogens with one attached hydrogen (secondary N) is 1. The number of hydrogen-bond donors (Lipinski definition) is 1. The van der Waals surface area contributed by atoms with Gasteiger partial charge in [0, 0.05) is 35.1 Å². The summed E-state index contributed by atoms with van der Waals surface area (Å²) in [5.41, 5.74) is 4.11. The number of aromatic nitrogens is 5. The van der Waals surface area contributed by atoms with Crippen LogP contribution in [-0.4, -0.2) is 37.6 Å². The van der Waals surface area contributed by atoms with E-state index in [2.05, 4.69) is 19.8 Å². The Morgan fingerprint density at radius 1 is 1.27 bits per heavy atom. The second kappa shape index (κ2) is 6.61. The number of methoxy groups -OCH3 is 1. The first-order valence-electron chi connectivity index (χ1n) is 7.86. The summed E-state index contributed by atoms with van der Waals surface area (Å²) in [6.45, 7) is 0. The summed E-state index contributed by atoms with van der Waals surface area (Å²) in [6.07, 6.45) is 3.79. The van der Waals surface area contributed by atoms with E-state index in [1.807, 2.05) is 36.4 Å². The second-order valence-corrected chi connectivity index (χ2v) is 6.07. The molecule has 4 aromatic rings. The molecular weight excluding hydrogens is 354 g/mol. The zero-order chi connectivity index (χ0) is 18.1. The molecule has 7 nitrogen and oxygen atoms in total. The first-order chi connectivity index (χ1) is 12.7. The maximum Gasteiger partial charge on any atom is 0.374 e. The molecule has 1 N–H and O–H groups in total. The Hall–Kier alpha value is -3.19. The maximum atomic E-state index is 11.6. The molecule has 3 aromatic heterocycles. The van der Waals surface area contributed by atoms with Crippen molar-refractivity contribution in [1.82, 2.24) is 24.6 Å². The van der Waals surface area contributed by atoms with Crippen LogP contribution in [0.25, 0.3) is 16.9 Å². The molecule has 0 aliphatic rings. The maximum absolute atomic E-state index is 11.6. The molecule has 0 unspecified atom stereocenters. The van der Waals surface area contributed by atoms with Crippen LogP contribution in [0.4, 0.5) is 0 Å². The van der Waals surface area contributed by atoms with Crippen molar-refractivity contribution in [1.29, 1.82) is 0 Å². The van der Waals surface area contributed by atoms with Crippen LogP contribution in [0.2, 0.25) is 5.02 Å². The van der Waals surface area contributed by atoms with Crippen molar-refractivity contribution in [2.75, 3.05) is 7.11 Å². The molecule has 0 aliphatic carbocycles. The SMILES string of the molecule is COC(=O)c1ncc(Cc2c(-c3ccc(Cl)cc3)nc3cccnn23)[nH]1. The number of halogens is 1. The lowest BCUT2D eigenvalue weighted by molar-refractivity contribution is 0.0588. The van der Waals surface area contributed by atoms with E-state index in [-0.39, 0.29) is 5.82 Å². The molecule has 0 bridgehead atoms. The van der Waals surface area contributed by atoms with Gasteiger partial charge in [0.2, 0.25) is 5.82 Å². The van der Waals surface area contributed by atoms with Gasteiger partial charge in [-0.3, -0.25) is 0 Å². The van der Waals surface area contributed by atoms with Gasteiger partial charge in [-0.25, -0.2) is 19.3 Å². The Labute approximate surface area is 153 Å². The molecule has 4 rings (SSSR count). The van der Waals surface area contributed by atoms with Crippen molar-refractivity contribution in [2.45, 2.75) is 6.42 Å². The Kier molecular flexibility index (Phi) is 4.14. The minimum atomic E-state index is -0.509. The fourth-order valence-electron chi connectivity index (χ4n) is 2.76. The molecule has 0 amide bonds. The lowest BCUT2D eigenvalue weighted by atomic mass is 10.1. The number of esters is 1. The van der Waals surface area contributed by atoms with E-state index in [1.54, 1.807) is 16.9 Å². The van der Waals surface area contributed by atoms with Gasteiger partial charge in [-0.1, -0.05) is 23.7 Å². The molecule has 3 heterocycles. The largest absolute Gasteiger partial charge is 0.463 e. The quantitative estimate of drug-likeness (QED) is 0.560. The first-order valence-corrected chi connectivity index (χ1v) is 8.24. The van der Waals surface area contributed by atoms with Crippen LogP contribution in [0.3, 0.4) is 0 Å².